The molecule has 0 saturated carbocycles. The van der Waals surface area contributed by atoms with Gasteiger partial charge < -0.3 is 9.52 Å². The quantitative estimate of drug-likeness (QED) is 0.814. The molecule has 0 spiro atoms. The average Bonchev–Trinajstić information content (AvgIpc) is 2.77. The number of aromatic nitrogens is 1. The molecule has 0 bridgehead atoms. The second-order valence-electron chi connectivity index (χ2n) is 2.67. The maximum absolute atomic E-state index is 9.21. The van der Waals surface area contributed by atoms with Crippen molar-refractivity contribution in [1.82, 2.24) is 4.37 Å². The second-order valence-corrected chi connectivity index (χ2v) is 3.53. The third-order valence-corrected chi connectivity index (χ3v) is 2.60. The smallest absolute Gasteiger partial charge is 0.241 e. The summed E-state index contributed by atoms with van der Waals surface area (Å²) in [5.41, 5.74) is 0.242. The molecule has 0 unspecified atom stereocenters. The Morgan fingerprint density at radius 3 is 3.14 bits per heavy atom. The van der Waals surface area contributed by atoms with Crippen molar-refractivity contribution >= 4 is 11.5 Å². The molecule has 2 rings (SSSR count). The molecule has 0 radical (unpaired) electrons. The molecule has 5 heteroatoms. The van der Waals surface area contributed by atoms with Gasteiger partial charge in [0.1, 0.15) is 17.4 Å². The van der Waals surface area contributed by atoms with E-state index in [-0.39, 0.29) is 11.4 Å². The van der Waals surface area contributed by atoms with Gasteiger partial charge in [0.05, 0.1) is 11.1 Å². The normalized spacial score (nSPS) is 9.93. The minimum atomic E-state index is -0.195. The summed E-state index contributed by atoms with van der Waals surface area (Å²) in [4.78, 5) is 0.722. The fourth-order valence-corrected chi connectivity index (χ4v) is 1.84. The van der Waals surface area contributed by atoms with E-state index in [9.17, 15) is 5.11 Å². The maximum Gasteiger partial charge on any atom is 0.241 e. The van der Waals surface area contributed by atoms with Gasteiger partial charge in [-0.2, -0.15) is 9.64 Å². The fourth-order valence-electron chi connectivity index (χ4n) is 1.12. The number of furan rings is 1. The summed E-state index contributed by atoms with van der Waals surface area (Å²) < 4.78 is 8.84. The molecular formula is C9H6N2O2S. The third kappa shape index (κ3) is 1.47. The minimum absolute atomic E-state index is 0.195. The van der Waals surface area contributed by atoms with Crippen molar-refractivity contribution in [2.75, 3.05) is 0 Å². The fraction of sp³-hybridized carbons (Fsp3) is 0.111. The van der Waals surface area contributed by atoms with E-state index >= 15 is 0 Å². The molecule has 70 valence electrons. The van der Waals surface area contributed by atoms with Gasteiger partial charge in [0, 0.05) is 6.42 Å². The van der Waals surface area contributed by atoms with Crippen molar-refractivity contribution in [3.63, 3.8) is 0 Å². The number of nitrogens with zero attached hydrogens (tertiary/aromatic N) is 2. The monoisotopic (exact) mass is 206 g/mol. The van der Waals surface area contributed by atoms with Gasteiger partial charge in [-0.05, 0) is 23.7 Å². The van der Waals surface area contributed by atoms with E-state index in [1.807, 2.05) is 12.1 Å². The zero-order chi connectivity index (χ0) is 9.97. The van der Waals surface area contributed by atoms with Crippen LogP contribution in [0.1, 0.15) is 16.2 Å². The first kappa shape index (κ1) is 8.78. The van der Waals surface area contributed by atoms with E-state index in [0.29, 0.717) is 6.42 Å². The second kappa shape index (κ2) is 3.52. The molecule has 0 aliphatic heterocycles. The molecule has 1 N–H and O–H groups in total. The van der Waals surface area contributed by atoms with Crippen molar-refractivity contribution in [2.45, 2.75) is 6.42 Å². The van der Waals surface area contributed by atoms with Crippen LogP contribution in [0.15, 0.2) is 22.8 Å². The standard InChI is InChI=1S/C9H6N2O2S/c10-5-7-8(14-11-9(7)12)4-6-2-1-3-13-6/h1-3H,4H2,(H,11,12). The zero-order valence-corrected chi connectivity index (χ0v) is 7.91. The largest absolute Gasteiger partial charge is 0.492 e. The Morgan fingerprint density at radius 2 is 2.50 bits per heavy atom. The SMILES string of the molecule is N#Cc1c(O)nsc1Cc1ccco1. The van der Waals surface area contributed by atoms with Crippen LogP contribution in [0.25, 0.3) is 0 Å². The van der Waals surface area contributed by atoms with E-state index in [4.69, 9.17) is 9.68 Å². The summed E-state index contributed by atoms with van der Waals surface area (Å²) in [6, 6.07) is 5.51. The molecule has 4 nitrogen and oxygen atoms in total. The third-order valence-electron chi connectivity index (χ3n) is 1.77. The van der Waals surface area contributed by atoms with Crippen LogP contribution in [0.2, 0.25) is 0 Å². The Hall–Kier alpha value is -1.80. The van der Waals surface area contributed by atoms with Gasteiger partial charge in [-0.3, -0.25) is 0 Å². The molecule has 2 aromatic heterocycles. The Labute approximate surface area is 84.2 Å². The molecule has 0 amide bonds. The van der Waals surface area contributed by atoms with Crippen LogP contribution in [0, 0.1) is 11.3 Å². The molecule has 0 atom stereocenters. The Balaban J connectivity index is 2.30. The van der Waals surface area contributed by atoms with Crippen LogP contribution in [-0.2, 0) is 6.42 Å². The lowest BCUT2D eigenvalue weighted by molar-refractivity contribution is 0.457. The summed E-state index contributed by atoms with van der Waals surface area (Å²) in [6.07, 6.45) is 2.07. The predicted molar refractivity (Wildman–Crippen MR) is 50.0 cm³/mol. The first-order valence-corrected chi connectivity index (χ1v) is 4.68. The van der Waals surface area contributed by atoms with Gasteiger partial charge in [0.15, 0.2) is 0 Å². The number of rotatable bonds is 2. The van der Waals surface area contributed by atoms with E-state index in [0.717, 1.165) is 22.2 Å². The van der Waals surface area contributed by atoms with Crippen molar-refractivity contribution in [1.29, 1.82) is 5.26 Å². The number of hydrogen-bond acceptors (Lipinski definition) is 5. The summed E-state index contributed by atoms with van der Waals surface area (Å²) in [5, 5.41) is 17.9. The summed E-state index contributed by atoms with van der Waals surface area (Å²) >= 11 is 1.12. The molecule has 2 heterocycles. The van der Waals surface area contributed by atoms with Crippen LogP contribution in [0.3, 0.4) is 0 Å². The topological polar surface area (TPSA) is 70.0 Å². The van der Waals surface area contributed by atoms with Gasteiger partial charge in [-0.15, -0.1) is 0 Å². The Bertz CT molecular complexity index is 467. The first-order chi connectivity index (χ1) is 6.81. The van der Waals surface area contributed by atoms with Crippen molar-refractivity contribution in [3.05, 3.63) is 34.6 Å². The van der Waals surface area contributed by atoms with Gasteiger partial charge in [-0.1, -0.05) is 0 Å². The number of hydrogen-bond donors (Lipinski definition) is 1. The molecular weight excluding hydrogens is 200 g/mol. The lowest BCUT2D eigenvalue weighted by Gasteiger charge is -1.92. The van der Waals surface area contributed by atoms with Gasteiger partial charge in [-0.25, -0.2) is 0 Å². The Morgan fingerprint density at radius 1 is 1.64 bits per heavy atom. The summed E-state index contributed by atoms with van der Waals surface area (Å²) in [7, 11) is 0. The van der Waals surface area contributed by atoms with E-state index in [2.05, 4.69) is 4.37 Å². The average molecular weight is 206 g/mol. The van der Waals surface area contributed by atoms with Gasteiger partial charge in [0.2, 0.25) is 5.88 Å². The lowest BCUT2D eigenvalue weighted by Crippen LogP contribution is -1.84. The predicted octanol–water partition coefficient (Wildman–Crippen LogP) is 1.90. The summed E-state index contributed by atoms with van der Waals surface area (Å²) in [6.45, 7) is 0. The van der Waals surface area contributed by atoms with Crippen molar-refractivity contribution in [3.8, 4) is 11.9 Å². The highest BCUT2D eigenvalue weighted by Crippen LogP contribution is 2.25. The van der Waals surface area contributed by atoms with Crippen LogP contribution in [-0.4, -0.2) is 9.48 Å². The zero-order valence-electron chi connectivity index (χ0n) is 7.10. The highest BCUT2D eigenvalue weighted by molar-refractivity contribution is 7.06. The summed E-state index contributed by atoms with van der Waals surface area (Å²) in [5.74, 6) is 0.559. The molecule has 0 aliphatic rings. The Kier molecular flexibility index (Phi) is 2.21. The van der Waals surface area contributed by atoms with Crippen molar-refractivity contribution < 1.29 is 9.52 Å². The van der Waals surface area contributed by atoms with Gasteiger partial charge >= 0.3 is 0 Å². The molecule has 0 aliphatic carbocycles. The van der Waals surface area contributed by atoms with Crippen LogP contribution in [0.5, 0.6) is 5.88 Å². The first-order valence-electron chi connectivity index (χ1n) is 3.91. The molecule has 0 aromatic carbocycles. The van der Waals surface area contributed by atoms with Crippen molar-refractivity contribution in [2.24, 2.45) is 0 Å². The van der Waals surface area contributed by atoms with Crippen LogP contribution < -0.4 is 0 Å². The lowest BCUT2D eigenvalue weighted by atomic mass is 10.2. The number of nitriles is 1. The van der Waals surface area contributed by atoms with E-state index in [1.165, 1.54) is 0 Å². The van der Waals surface area contributed by atoms with Gasteiger partial charge in [0.25, 0.3) is 0 Å². The molecule has 0 fully saturated rings. The molecule has 0 saturated heterocycles. The molecule has 14 heavy (non-hydrogen) atoms. The maximum atomic E-state index is 9.21. The highest BCUT2D eigenvalue weighted by Gasteiger charge is 2.13. The minimum Gasteiger partial charge on any atom is -0.492 e. The van der Waals surface area contributed by atoms with Crippen LogP contribution in [0.4, 0.5) is 0 Å². The van der Waals surface area contributed by atoms with E-state index < -0.39 is 0 Å². The van der Waals surface area contributed by atoms with E-state index in [1.54, 1.807) is 12.3 Å². The highest BCUT2D eigenvalue weighted by atomic mass is 32.1. The van der Waals surface area contributed by atoms with Crippen LogP contribution >= 0.6 is 11.5 Å². The number of aromatic hydroxyl groups is 1. The molecule has 2 aromatic rings.